The lowest BCUT2D eigenvalue weighted by Crippen LogP contribution is -2.40. The molecule has 3 N–H and O–H groups in total. The summed E-state index contributed by atoms with van der Waals surface area (Å²) in [5.74, 6) is 0.750. The Labute approximate surface area is 106 Å². The number of nitrogens with zero attached hydrogens (tertiary/aromatic N) is 2. The Morgan fingerprint density at radius 2 is 2.29 bits per heavy atom. The molecule has 0 radical (unpaired) electrons. The summed E-state index contributed by atoms with van der Waals surface area (Å²) in [7, 11) is 0. The number of hydrogen-bond donors (Lipinski definition) is 2. The largest absolute Gasteiger partial charge is 0.349 e. The van der Waals surface area contributed by atoms with Gasteiger partial charge in [0.25, 0.3) is 0 Å². The van der Waals surface area contributed by atoms with E-state index in [0.717, 1.165) is 17.1 Å². The van der Waals surface area contributed by atoms with Gasteiger partial charge in [0.2, 0.25) is 5.91 Å². The number of thioether (sulfide) groups is 1. The number of rotatable bonds is 6. The highest BCUT2D eigenvalue weighted by atomic mass is 32.2. The summed E-state index contributed by atoms with van der Waals surface area (Å²) in [6.45, 7) is 2.24. The van der Waals surface area contributed by atoms with Crippen molar-refractivity contribution in [2.45, 2.75) is 25.9 Å². The molecule has 1 amide bonds. The second-order valence-electron chi connectivity index (χ2n) is 3.75. The van der Waals surface area contributed by atoms with Crippen LogP contribution < -0.4 is 11.1 Å². The number of hydrogen-bond acceptors (Lipinski definition) is 5. The Morgan fingerprint density at radius 1 is 1.53 bits per heavy atom. The Bertz CT molecular complexity index is 355. The monoisotopic (exact) mass is 254 g/mol. The minimum absolute atomic E-state index is 0.138. The molecule has 1 aromatic rings. The van der Waals surface area contributed by atoms with E-state index >= 15 is 0 Å². The summed E-state index contributed by atoms with van der Waals surface area (Å²) >= 11 is 1.68. The van der Waals surface area contributed by atoms with Crippen LogP contribution in [0.25, 0.3) is 0 Å². The van der Waals surface area contributed by atoms with E-state index in [1.54, 1.807) is 24.2 Å². The summed E-state index contributed by atoms with van der Waals surface area (Å²) in [5, 5.41) is 2.75. The number of amides is 1. The van der Waals surface area contributed by atoms with E-state index in [4.69, 9.17) is 5.73 Å². The van der Waals surface area contributed by atoms with Gasteiger partial charge in [-0.3, -0.25) is 14.8 Å². The predicted molar refractivity (Wildman–Crippen MR) is 69.6 cm³/mol. The van der Waals surface area contributed by atoms with Crippen LogP contribution in [0.15, 0.2) is 12.4 Å². The van der Waals surface area contributed by atoms with Crippen molar-refractivity contribution in [3.05, 3.63) is 23.8 Å². The highest BCUT2D eigenvalue weighted by Crippen LogP contribution is 1.99. The molecule has 0 spiro atoms. The van der Waals surface area contributed by atoms with Crippen molar-refractivity contribution in [2.24, 2.45) is 5.73 Å². The van der Waals surface area contributed by atoms with Crippen molar-refractivity contribution in [3.63, 3.8) is 0 Å². The number of aromatic nitrogens is 2. The van der Waals surface area contributed by atoms with Crippen molar-refractivity contribution >= 4 is 17.7 Å². The van der Waals surface area contributed by atoms with Crippen molar-refractivity contribution in [1.29, 1.82) is 0 Å². The molecule has 0 unspecified atom stereocenters. The van der Waals surface area contributed by atoms with Crippen LogP contribution >= 0.6 is 11.8 Å². The smallest absolute Gasteiger partial charge is 0.237 e. The fourth-order valence-corrected chi connectivity index (χ4v) is 1.68. The lowest BCUT2D eigenvalue weighted by atomic mass is 10.2. The summed E-state index contributed by atoms with van der Waals surface area (Å²) in [6, 6.07) is -0.444. The minimum atomic E-state index is -0.444. The van der Waals surface area contributed by atoms with Crippen molar-refractivity contribution in [2.75, 3.05) is 12.0 Å². The zero-order chi connectivity index (χ0) is 12.7. The molecule has 0 aromatic carbocycles. The van der Waals surface area contributed by atoms with E-state index in [1.165, 1.54) is 0 Å². The topological polar surface area (TPSA) is 80.9 Å². The van der Waals surface area contributed by atoms with E-state index < -0.39 is 6.04 Å². The number of nitrogens with two attached hydrogens (primary N) is 1. The minimum Gasteiger partial charge on any atom is -0.349 e. The molecular formula is C11H18N4OS. The van der Waals surface area contributed by atoms with Crippen LogP contribution in [-0.4, -0.2) is 33.9 Å². The van der Waals surface area contributed by atoms with Crippen LogP contribution in [-0.2, 0) is 11.3 Å². The first-order valence-electron chi connectivity index (χ1n) is 5.43. The molecule has 0 aliphatic carbocycles. The van der Waals surface area contributed by atoms with Crippen LogP contribution in [0.3, 0.4) is 0 Å². The van der Waals surface area contributed by atoms with Gasteiger partial charge in [-0.2, -0.15) is 11.8 Å². The fourth-order valence-electron chi connectivity index (χ4n) is 1.20. The summed E-state index contributed by atoms with van der Waals surface area (Å²) < 4.78 is 0. The molecule has 5 nitrogen and oxygen atoms in total. The van der Waals surface area contributed by atoms with Gasteiger partial charge in [0.1, 0.15) is 0 Å². The van der Waals surface area contributed by atoms with E-state index in [-0.39, 0.29) is 5.91 Å². The Morgan fingerprint density at radius 3 is 2.88 bits per heavy atom. The predicted octanol–water partition coefficient (Wildman–Crippen LogP) is 0.482. The lowest BCUT2D eigenvalue weighted by Gasteiger charge is -2.11. The van der Waals surface area contributed by atoms with E-state index in [9.17, 15) is 4.79 Å². The first-order chi connectivity index (χ1) is 8.13. The fraction of sp³-hybridized carbons (Fsp3) is 0.545. The standard InChI is InChI=1S/C11H18N4OS/c1-8-5-14-9(6-13-8)7-15-11(16)10(12)3-4-17-2/h5-6,10H,3-4,7,12H2,1-2H3,(H,15,16)/t10-/m1/s1. The maximum atomic E-state index is 11.6. The van der Waals surface area contributed by atoms with Gasteiger partial charge in [0.15, 0.2) is 0 Å². The average molecular weight is 254 g/mol. The first kappa shape index (κ1) is 13.9. The third kappa shape index (κ3) is 5.14. The molecule has 6 heteroatoms. The van der Waals surface area contributed by atoms with Gasteiger partial charge < -0.3 is 11.1 Å². The van der Waals surface area contributed by atoms with Gasteiger partial charge in [-0.25, -0.2) is 0 Å². The molecule has 94 valence electrons. The summed E-state index contributed by atoms with van der Waals surface area (Å²) in [4.78, 5) is 19.8. The third-order valence-electron chi connectivity index (χ3n) is 2.25. The Kier molecular flexibility index (Phi) is 5.93. The highest BCUT2D eigenvalue weighted by molar-refractivity contribution is 7.98. The average Bonchev–Trinajstić information content (AvgIpc) is 2.34. The van der Waals surface area contributed by atoms with Gasteiger partial charge >= 0.3 is 0 Å². The molecule has 0 saturated heterocycles. The van der Waals surface area contributed by atoms with E-state index in [2.05, 4.69) is 15.3 Å². The zero-order valence-electron chi connectivity index (χ0n) is 10.1. The van der Waals surface area contributed by atoms with Gasteiger partial charge in [0.05, 0.1) is 30.2 Å². The molecule has 0 aliphatic heterocycles. The number of carbonyl (C=O) groups is 1. The summed E-state index contributed by atoms with van der Waals surface area (Å²) in [5.41, 5.74) is 7.33. The number of aryl methyl sites for hydroxylation is 1. The maximum Gasteiger partial charge on any atom is 0.237 e. The molecule has 1 rings (SSSR count). The second-order valence-corrected chi connectivity index (χ2v) is 4.74. The molecule has 0 saturated carbocycles. The Balaban J connectivity index is 2.34. The van der Waals surface area contributed by atoms with E-state index in [0.29, 0.717) is 13.0 Å². The highest BCUT2D eigenvalue weighted by Gasteiger charge is 2.12. The molecular weight excluding hydrogens is 236 g/mol. The van der Waals surface area contributed by atoms with Crippen LogP contribution in [0.2, 0.25) is 0 Å². The number of nitrogens with one attached hydrogen (secondary N) is 1. The van der Waals surface area contributed by atoms with Gasteiger partial charge in [-0.1, -0.05) is 0 Å². The normalized spacial score (nSPS) is 12.2. The quantitative estimate of drug-likeness (QED) is 0.772. The van der Waals surface area contributed by atoms with Crippen molar-refractivity contribution in [1.82, 2.24) is 15.3 Å². The van der Waals surface area contributed by atoms with Crippen LogP contribution in [0, 0.1) is 6.92 Å². The molecule has 1 aromatic heterocycles. The molecule has 1 heterocycles. The zero-order valence-corrected chi connectivity index (χ0v) is 11.0. The van der Waals surface area contributed by atoms with Gasteiger partial charge in [0, 0.05) is 6.20 Å². The molecule has 0 fully saturated rings. The van der Waals surface area contributed by atoms with Crippen LogP contribution in [0.5, 0.6) is 0 Å². The molecule has 0 aliphatic rings. The number of carbonyl (C=O) groups excluding carboxylic acids is 1. The first-order valence-corrected chi connectivity index (χ1v) is 6.82. The maximum absolute atomic E-state index is 11.6. The Hall–Kier alpha value is -1.14. The van der Waals surface area contributed by atoms with E-state index in [1.807, 2.05) is 13.2 Å². The third-order valence-corrected chi connectivity index (χ3v) is 2.89. The van der Waals surface area contributed by atoms with Crippen LogP contribution in [0.4, 0.5) is 0 Å². The summed E-state index contributed by atoms with van der Waals surface area (Å²) in [6.07, 6.45) is 6.01. The molecule has 1 atom stereocenters. The molecule has 17 heavy (non-hydrogen) atoms. The second kappa shape index (κ2) is 7.24. The molecule has 0 bridgehead atoms. The van der Waals surface area contributed by atoms with Gasteiger partial charge in [-0.15, -0.1) is 0 Å². The van der Waals surface area contributed by atoms with Crippen LogP contribution in [0.1, 0.15) is 17.8 Å². The van der Waals surface area contributed by atoms with Gasteiger partial charge in [-0.05, 0) is 25.4 Å². The lowest BCUT2D eigenvalue weighted by molar-refractivity contribution is -0.122. The van der Waals surface area contributed by atoms with Crippen molar-refractivity contribution in [3.8, 4) is 0 Å². The van der Waals surface area contributed by atoms with Crippen molar-refractivity contribution < 1.29 is 4.79 Å². The SMILES string of the molecule is CSCC[C@@H](N)C(=O)NCc1cnc(C)cn1.